The number of hydrogen-bond acceptors (Lipinski definition) is 5. The first kappa shape index (κ1) is 26.2. The largest absolute Gasteiger partial charge is 0.497 e. The van der Waals surface area contributed by atoms with Crippen molar-refractivity contribution < 1.29 is 22.7 Å². The molecule has 0 aliphatic rings. The number of carbonyl (C=O) groups excluding carboxylic acids is 2. The van der Waals surface area contributed by atoms with E-state index in [1.54, 1.807) is 37.4 Å². The molecule has 0 bridgehead atoms. The maximum atomic E-state index is 13.5. The second-order valence-electron chi connectivity index (χ2n) is 7.95. The van der Waals surface area contributed by atoms with Crippen LogP contribution in [0.15, 0.2) is 42.5 Å². The minimum absolute atomic E-state index is 0.131. The molecule has 33 heavy (non-hydrogen) atoms. The number of carbonyl (C=O) groups is 2. The zero-order valence-electron chi connectivity index (χ0n) is 20.1. The van der Waals surface area contributed by atoms with E-state index in [2.05, 4.69) is 5.32 Å². The Kier molecular flexibility index (Phi) is 8.87. The van der Waals surface area contributed by atoms with Gasteiger partial charge in [0.15, 0.2) is 0 Å². The van der Waals surface area contributed by atoms with Crippen molar-refractivity contribution in [3.63, 3.8) is 0 Å². The van der Waals surface area contributed by atoms with Crippen LogP contribution in [0.3, 0.4) is 0 Å². The zero-order chi connectivity index (χ0) is 24.8. The highest BCUT2D eigenvalue weighted by molar-refractivity contribution is 7.92. The fourth-order valence-corrected chi connectivity index (χ4v) is 4.39. The molecule has 0 fully saturated rings. The van der Waals surface area contributed by atoms with E-state index in [9.17, 15) is 18.0 Å². The van der Waals surface area contributed by atoms with Gasteiger partial charge >= 0.3 is 0 Å². The Morgan fingerprint density at radius 2 is 1.79 bits per heavy atom. The lowest BCUT2D eigenvalue weighted by molar-refractivity contribution is -0.140. The number of amides is 2. The molecule has 0 spiro atoms. The van der Waals surface area contributed by atoms with E-state index in [1.165, 1.54) is 11.9 Å². The minimum Gasteiger partial charge on any atom is -0.497 e. The lowest BCUT2D eigenvalue weighted by Gasteiger charge is -2.32. The van der Waals surface area contributed by atoms with Crippen molar-refractivity contribution in [2.45, 2.75) is 39.8 Å². The second kappa shape index (κ2) is 11.2. The van der Waals surface area contributed by atoms with E-state index in [1.807, 2.05) is 32.9 Å². The van der Waals surface area contributed by atoms with Crippen LogP contribution in [0.1, 0.15) is 30.0 Å². The first-order valence-corrected chi connectivity index (χ1v) is 12.6. The van der Waals surface area contributed by atoms with Gasteiger partial charge in [0.1, 0.15) is 18.3 Å². The van der Waals surface area contributed by atoms with Crippen molar-refractivity contribution in [3.8, 4) is 5.75 Å². The lowest BCUT2D eigenvalue weighted by atomic mass is 10.1. The summed E-state index contributed by atoms with van der Waals surface area (Å²) in [5, 5.41) is 2.60. The van der Waals surface area contributed by atoms with Gasteiger partial charge in [-0.25, -0.2) is 8.42 Å². The fraction of sp³-hybridized carbons (Fsp3) is 0.417. The molecule has 0 heterocycles. The van der Waals surface area contributed by atoms with Crippen LogP contribution in [-0.2, 0) is 26.2 Å². The molecular weight excluding hydrogens is 442 g/mol. The van der Waals surface area contributed by atoms with E-state index >= 15 is 0 Å². The topological polar surface area (TPSA) is 96.0 Å². The third kappa shape index (κ3) is 6.71. The maximum absolute atomic E-state index is 13.5. The van der Waals surface area contributed by atoms with Crippen LogP contribution in [0, 0.1) is 13.8 Å². The summed E-state index contributed by atoms with van der Waals surface area (Å²) >= 11 is 0. The summed E-state index contributed by atoms with van der Waals surface area (Å²) in [7, 11) is -0.691. The monoisotopic (exact) mass is 475 g/mol. The van der Waals surface area contributed by atoms with Crippen LogP contribution in [0.5, 0.6) is 5.75 Å². The van der Waals surface area contributed by atoms with Crippen LogP contribution < -0.4 is 14.4 Å². The SMILES string of the molecule is CC[C@H](C(=O)NC)N(Cc1cccc(OC)c1)C(=O)CN(c1ccc(C)c(C)c1)S(C)(=O)=O. The summed E-state index contributed by atoms with van der Waals surface area (Å²) in [6.07, 6.45) is 1.44. The Balaban J connectivity index is 2.45. The molecule has 1 N–H and O–H groups in total. The Hall–Kier alpha value is -3.07. The molecular formula is C24H33N3O5S. The first-order valence-electron chi connectivity index (χ1n) is 10.7. The number of nitrogens with one attached hydrogen (secondary N) is 1. The molecule has 8 nitrogen and oxygen atoms in total. The molecule has 0 radical (unpaired) electrons. The number of aryl methyl sites for hydroxylation is 2. The van der Waals surface area contributed by atoms with Crippen molar-refractivity contribution in [2.24, 2.45) is 0 Å². The van der Waals surface area contributed by atoms with E-state index in [0.717, 1.165) is 27.3 Å². The van der Waals surface area contributed by atoms with E-state index in [4.69, 9.17) is 4.74 Å². The molecule has 0 aromatic heterocycles. The van der Waals surface area contributed by atoms with Crippen molar-refractivity contribution in [1.29, 1.82) is 0 Å². The van der Waals surface area contributed by atoms with Gasteiger partial charge in [-0.2, -0.15) is 0 Å². The minimum atomic E-state index is -3.75. The van der Waals surface area contributed by atoms with Crippen molar-refractivity contribution in [3.05, 3.63) is 59.2 Å². The van der Waals surface area contributed by atoms with Gasteiger partial charge in [0.05, 0.1) is 19.1 Å². The van der Waals surface area contributed by atoms with Gasteiger partial charge in [0.25, 0.3) is 0 Å². The molecule has 180 valence electrons. The average molecular weight is 476 g/mol. The predicted molar refractivity (Wildman–Crippen MR) is 130 cm³/mol. The second-order valence-corrected chi connectivity index (χ2v) is 9.86. The molecule has 2 amide bonds. The summed E-state index contributed by atoms with van der Waals surface area (Å²) in [6.45, 7) is 5.34. The average Bonchev–Trinajstić information content (AvgIpc) is 2.78. The number of methoxy groups -OCH3 is 1. The fourth-order valence-electron chi connectivity index (χ4n) is 3.55. The highest BCUT2D eigenvalue weighted by atomic mass is 32.2. The summed E-state index contributed by atoms with van der Waals surface area (Å²) in [4.78, 5) is 27.5. The molecule has 2 rings (SSSR count). The summed E-state index contributed by atoms with van der Waals surface area (Å²) < 4.78 is 31.6. The molecule has 0 aliphatic carbocycles. The first-order chi connectivity index (χ1) is 15.5. The summed E-state index contributed by atoms with van der Waals surface area (Å²) in [5.41, 5.74) is 3.10. The number of ether oxygens (including phenoxy) is 1. The number of likely N-dealkylation sites (N-methyl/N-ethyl adjacent to an activating group) is 1. The quantitative estimate of drug-likeness (QED) is 0.570. The third-order valence-corrected chi connectivity index (χ3v) is 6.72. The predicted octanol–water partition coefficient (Wildman–Crippen LogP) is 2.63. The molecule has 9 heteroatoms. The number of rotatable bonds is 10. The van der Waals surface area contributed by atoms with Gasteiger partial charge in [0, 0.05) is 13.6 Å². The third-order valence-electron chi connectivity index (χ3n) is 5.58. The Labute approximate surface area is 196 Å². The van der Waals surface area contributed by atoms with Gasteiger partial charge in [0.2, 0.25) is 21.8 Å². The van der Waals surface area contributed by atoms with Crippen molar-refractivity contribution >= 4 is 27.5 Å². The highest BCUT2D eigenvalue weighted by Gasteiger charge is 2.31. The Morgan fingerprint density at radius 3 is 2.33 bits per heavy atom. The Bertz CT molecular complexity index is 1100. The van der Waals surface area contributed by atoms with Crippen LogP contribution >= 0.6 is 0 Å². The number of hydrogen-bond donors (Lipinski definition) is 1. The molecule has 0 aliphatic heterocycles. The Morgan fingerprint density at radius 1 is 1.09 bits per heavy atom. The number of anilines is 1. The van der Waals surface area contributed by atoms with E-state index < -0.39 is 28.5 Å². The smallest absolute Gasteiger partial charge is 0.244 e. The van der Waals surface area contributed by atoms with Gasteiger partial charge in [-0.05, 0) is 61.2 Å². The van der Waals surface area contributed by atoms with Crippen LogP contribution in [0.25, 0.3) is 0 Å². The van der Waals surface area contributed by atoms with Crippen molar-refractivity contribution in [2.75, 3.05) is 31.3 Å². The summed E-state index contributed by atoms with van der Waals surface area (Å²) in [6, 6.07) is 11.7. The standard InChI is InChI=1S/C24H33N3O5S/c1-7-22(24(29)25-4)26(15-19-9-8-10-21(14-19)32-5)23(28)16-27(33(6,30)31)20-12-11-17(2)18(3)13-20/h8-14,22H,7,15-16H2,1-6H3,(H,25,29)/t22-/m1/s1. The van der Waals surface area contributed by atoms with Gasteiger partial charge in [-0.3, -0.25) is 13.9 Å². The number of sulfonamides is 1. The molecule has 2 aromatic rings. The zero-order valence-corrected chi connectivity index (χ0v) is 20.9. The maximum Gasteiger partial charge on any atom is 0.244 e. The molecule has 0 unspecified atom stereocenters. The number of nitrogens with zero attached hydrogens (tertiary/aromatic N) is 2. The van der Waals surface area contributed by atoms with Gasteiger partial charge in [-0.1, -0.05) is 25.1 Å². The molecule has 0 saturated carbocycles. The van der Waals surface area contributed by atoms with Crippen LogP contribution in [-0.4, -0.2) is 58.1 Å². The highest BCUT2D eigenvalue weighted by Crippen LogP contribution is 2.23. The van der Waals surface area contributed by atoms with Crippen LogP contribution in [0.4, 0.5) is 5.69 Å². The molecule has 2 aromatic carbocycles. The van der Waals surface area contributed by atoms with Gasteiger partial charge < -0.3 is 15.0 Å². The lowest BCUT2D eigenvalue weighted by Crippen LogP contribution is -2.51. The van der Waals surface area contributed by atoms with Crippen LogP contribution in [0.2, 0.25) is 0 Å². The van der Waals surface area contributed by atoms with E-state index in [-0.39, 0.29) is 12.5 Å². The number of benzene rings is 2. The molecule has 1 atom stereocenters. The van der Waals surface area contributed by atoms with E-state index in [0.29, 0.717) is 17.9 Å². The van der Waals surface area contributed by atoms with Gasteiger partial charge in [-0.15, -0.1) is 0 Å². The normalized spacial score (nSPS) is 12.1. The molecule has 0 saturated heterocycles. The van der Waals surface area contributed by atoms with Crippen molar-refractivity contribution in [1.82, 2.24) is 10.2 Å². The summed E-state index contributed by atoms with van der Waals surface area (Å²) in [5.74, 6) is -0.163.